The summed E-state index contributed by atoms with van der Waals surface area (Å²) in [7, 11) is 1.88. The van der Waals surface area contributed by atoms with Crippen LogP contribution in [0.5, 0.6) is 0 Å². The van der Waals surface area contributed by atoms with Crippen molar-refractivity contribution in [1.29, 1.82) is 0 Å². The molecule has 74 valence electrons. The Balaban J connectivity index is 2.70. The van der Waals surface area contributed by atoms with Crippen LogP contribution in [0.4, 0.5) is 5.95 Å². The van der Waals surface area contributed by atoms with Gasteiger partial charge in [0, 0.05) is 19.2 Å². The van der Waals surface area contributed by atoms with Gasteiger partial charge in [0.2, 0.25) is 5.95 Å². The number of nitrogen functional groups attached to an aromatic ring is 1. The van der Waals surface area contributed by atoms with E-state index in [1.807, 2.05) is 7.05 Å². The third-order valence-corrected chi connectivity index (χ3v) is 1.77. The molecule has 14 heavy (non-hydrogen) atoms. The van der Waals surface area contributed by atoms with Crippen LogP contribution in [-0.2, 0) is 0 Å². The lowest BCUT2D eigenvalue weighted by Gasteiger charge is -1.95. The fourth-order valence-electron chi connectivity index (χ4n) is 0.803. The molecule has 0 amide bonds. The molecule has 0 saturated heterocycles. The minimum atomic E-state index is 0.163. The molecule has 0 aliphatic carbocycles. The van der Waals surface area contributed by atoms with Crippen LogP contribution in [0, 0.1) is 11.8 Å². The summed E-state index contributed by atoms with van der Waals surface area (Å²) in [6, 6.07) is 0. The molecule has 4 nitrogen and oxygen atoms in total. The molecule has 0 aliphatic rings. The minimum absolute atomic E-state index is 0.163. The number of nitrogens with one attached hydrogen (secondary N) is 1. The first-order chi connectivity index (χ1) is 6.74. The number of hydrogen-bond donors (Lipinski definition) is 2. The Hall–Kier alpha value is -1.31. The van der Waals surface area contributed by atoms with Gasteiger partial charge in [0.15, 0.2) is 0 Å². The predicted molar refractivity (Wildman–Crippen MR) is 56.9 cm³/mol. The van der Waals surface area contributed by atoms with E-state index in [0.29, 0.717) is 10.7 Å². The third kappa shape index (κ3) is 3.21. The van der Waals surface area contributed by atoms with E-state index in [2.05, 4.69) is 27.1 Å². The topological polar surface area (TPSA) is 63.8 Å². The summed E-state index contributed by atoms with van der Waals surface area (Å²) in [6.07, 6.45) is 2.29. The van der Waals surface area contributed by atoms with Crippen molar-refractivity contribution in [2.24, 2.45) is 0 Å². The summed E-state index contributed by atoms with van der Waals surface area (Å²) >= 11 is 5.79. The Kier molecular flexibility index (Phi) is 4.17. The lowest BCUT2D eigenvalue weighted by Crippen LogP contribution is -2.05. The largest absolute Gasteiger partial charge is 0.368 e. The summed E-state index contributed by atoms with van der Waals surface area (Å²) in [5.74, 6) is 5.98. The molecule has 0 radical (unpaired) electrons. The quantitative estimate of drug-likeness (QED) is 0.428. The van der Waals surface area contributed by atoms with Gasteiger partial charge in [-0.1, -0.05) is 23.4 Å². The molecule has 0 fully saturated rings. The van der Waals surface area contributed by atoms with Gasteiger partial charge in [-0.3, -0.25) is 0 Å². The third-order valence-electron chi connectivity index (χ3n) is 1.48. The van der Waals surface area contributed by atoms with Gasteiger partial charge >= 0.3 is 0 Å². The maximum absolute atomic E-state index is 5.79. The molecular weight excluding hydrogens is 200 g/mol. The monoisotopic (exact) mass is 210 g/mol. The molecule has 1 aromatic heterocycles. The molecule has 0 saturated carbocycles. The molecule has 1 aromatic rings. The number of nitrogens with two attached hydrogens (primary N) is 1. The normalized spacial score (nSPS) is 9.29. The van der Waals surface area contributed by atoms with Crippen LogP contribution in [0.15, 0.2) is 6.20 Å². The second-order valence-corrected chi connectivity index (χ2v) is 2.95. The summed E-state index contributed by atoms with van der Waals surface area (Å²) in [4.78, 5) is 7.59. The van der Waals surface area contributed by atoms with Crippen LogP contribution >= 0.6 is 11.6 Å². The number of anilines is 1. The van der Waals surface area contributed by atoms with Gasteiger partial charge in [0.25, 0.3) is 0 Å². The predicted octanol–water partition coefficient (Wildman–Crippen LogP) is 0.673. The van der Waals surface area contributed by atoms with E-state index in [1.165, 1.54) is 6.20 Å². The summed E-state index contributed by atoms with van der Waals surface area (Å²) < 4.78 is 0. The summed E-state index contributed by atoms with van der Waals surface area (Å²) in [5.41, 5.74) is 5.95. The van der Waals surface area contributed by atoms with E-state index in [0.717, 1.165) is 13.0 Å². The highest BCUT2D eigenvalue weighted by Gasteiger charge is 1.98. The van der Waals surface area contributed by atoms with Crippen LogP contribution in [0.1, 0.15) is 12.0 Å². The average Bonchev–Trinajstić information content (AvgIpc) is 2.15. The molecule has 5 heteroatoms. The Morgan fingerprint density at radius 1 is 1.64 bits per heavy atom. The van der Waals surface area contributed by atoms with Crippen LogP contribution in [0.2, 0.25) is 5.15 Å². The second kappa shape index (κ2) is 5.43. The van der Waals surface area contributed by atoms with E-state index in [1.54, 1.807) is 0 Å². The molecule has 0 unspecified atom stereocenters. The van der Waals surface area contributed by atoms with Gasteiger partial charge in [0.05, 0.1) is 5.56 Å². The molecule has 1 rings (SSSR count). The fourth-order valence-corrected chi connectivity index (χ4v) is 0.985. The first-order valence-electron chi connectivity index (χ1n) is 4.15. The Morgan fingerprint density at radius 2 is 2.43 bits per heavy atom. The highest BCUT2D eigenvalue weighted by molar-refractivity contribution is 6.30. The fraction of sp³-hybridized carbons (Fsp3) is 0.333. The number of aromatic nitrogens is 2. The molecular formula is C9H11ClN4. The zero-order valence-electron chi connectivity index (χ0n) is 7.84. The highest BCUT2D eigenvalue weighted by atomic mass is 35.5. The van der Waals surface area contributed by atoms with E-state index in [9.17, 15) is 0 Å². The van der Waals surface area contributed by atoms with Gasteiger partial charge in [-0.25, -0.2) is 4.98 Å². The zero-order chi connectivity index (χ0) is 10.4. The van der Waals surface area contributed by atoms with Crippen LogP contribution in [-0.4, -0.2) is 23.6 Å². The van der Waals surface area contributed by atoms with Gasteiger partial charge in [0.1, 0.15) is 5.15 Å². The average molecular weight is 211 g/mol. The highest BCUT2D eigenvalue weighted by Crippen LogP contribution is 2.10. The molecule has 1 heterocycles. The number of nitrogens with zero attached hydrogens (tertiary/aromatic N) is 2. The molecule has 0 spiro atoms. The molecule has 3 N–H and O–H groups in total. The first kappa shape index (κ1) is 10.8. The lowest BCUT2D eigenvalue weighted by atomic mass is 10.3. The first-order valence-corrected chi connectivity index (χ1v) is 4.53. The smallest absolute Gasteiger partial charge is 0.221 e. The standard InChI is InChI=1S/C9H11ClN4/c1-12-5-3-2-4-7-6-13-9(11)14-8(7)10/h6,12H,3,5H2,1H3,(H2,11,13,14). The van der Waals surface area contributed by atoms with Gasteiger partial charge in [-0.2, -0.15) is 4.98 Å². The maximum Gasteiger partial charge on any atom is 0.221 e. The van der Waals surface area contributed by atoms with Crippen LogP contribution in [0.25, 0.3) is 0 Å². The van der Waals surface area contributed by atoms with Crippen molar-refractivity contribution in [2.75, 3.05) is 19.3 Å². The van der Waals surface area contributed by atoms with E-state index in [-0.39, 0.29) is 5.95 Å². The van der Waals surface area contributed by atoms with Crippen molar-refractivity contribution in [3.8, 4) is 11.8 Å². The summed E-state index contributed by atoms with van der Waals surface area (Å²) in [5, 5.41) is 3.29. The Labute approximate surface area is 87.9 Å². The van der Waals surface area contributed by atoms with Crippen molar-refractivity contribution in [3.05, 3.63) is 16.9 Å². The Morgan fingerprint density at radius 3 is 3.07 bits per heavy atom. The van der Waals surface area contributed by atoms with E-state index < -0.39 is 0 Å². The minimum Gasteiger partial charge on any atom is -0.368 e. The maximum atomic E-state index is 5.79. The molecule has 0 aromatic carbocycles. The molecule has 0 aliphatic heterocycles. The SMILES string of the molecule is CNCCC#Cc1cnc(N)nc1Cl. The molecule has 0 atom stereocenters. The van der Waals surface area contributed by atoms with Crippen molar-refractivity contribution in [2.45, 2.75) is 6.42 Å². The zero-order valence-corrected chi connectivity index (χ0v) is 8.60. The van der Waals surface area contributed by atoms with Crippen molar-refractivity contribution >= 4 is 17.5 Å². The lowest BCUT2D eigenvalue weighted by molar-refractivity contribution is 0.818. The van der Waals surface area contributed by atoms with Crippen molar-refractivity contribution < 1.29 is 0 Å². The van der Waals surface area contributed by atoms with Crippen LogP contribution < -0.4 is 11.1 Å². The van der Waals surface area contributed by atoms with Gasteiger partial charge in [-0.05, 0) is 7.05 Å². The number of rotatable bonds is 2. The van der Waals surface area contributed by atoms with Crippen LogP contribution in [0.3, 0.4) is 0 Å². The van der Waals surface area contributed by atoms with Gasteiger partial charge in [-0.15, -0.1) is 0 Å². The van der Waals surface area contributed by atoms with Crippen molar-refractivity contribution in [3.63, 3.8) is 0 Å². The second-order valence-electron chi connectivity index (χ2n) is 2.59. The molecule has 0 bridgehead atoms. The van der Waals surface area contributed by atoms with Crippen molar-refractivity contribution in [1.82, 2.24) is 15.3 Å². The number of halogens is 1. The van der Waals surface area contributed by atoms with E-state index in [4.69, 9.17) is 17.3 Å². The summed E-state index contributed by atoms with van der Waals surface area (Å²) in [6.45, 7) is 0.848. The van der Waals surface area contributed by atoms with Gasteiger partial charge < -0.3 is 11.1 Å². The Bertz CT molecular complexity index is 367. The van der Waals surface area contributed by atoms with E-state index >= 15 is 0 Å². The number of hydrogen-bond acceptors (Lipinski definition) is 4.